The molecule has 0 spiro atoms. The second-order valence-electron chi connectivity index (χ2n) is 6.00. The number of nitrogens with two attached hydrogens (primary N) is 1. The molecule has 0 radical (unpaired) electrons. The molecule has 2 rings (SSSR count). The average Bonchev–Trinajstić information content (AvgIpc) is 2.63. The fraction of sp³-hybridized carbons (Fsp3) is 0.556. The molecule has 0 aromatic heterocycles. The molecule has 0 bridgehead atoms. The molecule has 132 valence electrons. The zero-order chi connectivity index (χ0) is 17.2. The number of rotatable bonds is 8. The Bertz CT molecular complexity index is 514. The first-order chi connectivity index (χ1) is 11.7. The van der Waals surface area contributed by atoms with Crippen LogP contribution < -0.4 is 15.8 Å². The Hall–Kier alpha value is -2.08. The number of nitrogens with one attached hydrogen (secondary N) is 1. The Morgan fingerprint density at radius 2 is 1.92 bits per heavy atom. The SMILES string of the molecule is NCCCNC(=O)C1CCN(C(=O)CCOc2ccccc2)CC1. The summed E-state index contributed by atoms with van der Waals surface area (Å²) in [4.78, 5) is 26.0. The summed E-state index contributed by atoms with van der Waals surface area (Å²) >= 11 is 0. The minimum Gasteiger partial charge on any atom is -0.493 e. The molecule has 1 aromatic carbocycles. The van der Waals surface area contributed by atoms with Crippen LogP contribution in [0.2, 0.25) is 0 Å². The highest BCUT2D eigenvalue weighted by Crippen LogP contribution is 2.18. The van der Waals surface area contributed by atoms with Crippen molar-refractivity contribution in [2.75, 3.05) is 32.8 Å². The summed E-state index contributed by atoms with van der Waals surface area (Å²) in [6.45, 7) is 2.87. The van der Waals surface area contributed by atoms with E-state index < -0.39 is 0 Å². The van der Waals surface area contributed by atoms with Crippen LogP contribution >= 0.6 is 0 Å². The first-order valence-corrected chi connectivity index (χ1v) is 8.64. The maximum Gasteiger partial charge on any atom is 0.225 e. The standard InChI is InChI=1S/C18H27N3O3/c19-10-4-11-20-18(23)15-7-12-21(13-8-15)17(22)9-14-24-16-5-2-1-3-6-16/h1-3,5-6,15H,4,7-14,19H2,(H,20,23). The molecule has 0 unspecified atom stereocenters. The number of hydrogen-bond acceptors (Lipinski definition) is 4. The van der Waals surface area contributed by atoms with Crippen LogP contribution in [0.5, 0.6) is 5.75 Å². The molecule has 6 nitrogen and oxygen atoms in total. The molecule has 0 atom stereocenters. The number of piperidine rings is 1. The lowest BCUT2D eigenvalue weighted by Gasteiger charge is -2.31. The topological polar surface area (TPSA) is 84.7 Å². The van der Waals surface area contributed by atoms with Gasteiger partial charge in [-0.3, -0.25) is 9.59 Å². The van der Waals surface area contributed by atoms with E-state index in [0.717, 1.165) is 25.0 Å². The second kappa shape index (κ2) is 9.93. The van der Waals surface area contributed by atoms with E-state index in [4.69, 9.17) is 10.5 Å². The van der Waals surface area contributed by atoms with Gasteiger partial charge in [0, 0.05) is 25.6 Å². The number of benzene rings is 1. The van der Waals surface area contributed by atoms with Crippen molar-refractivity contribution in [1.29, 1.82) is 0 Å². The average molecular weight is 333 g/mol. The van der Waals surface area contributed by atoms with Crippen LogP contribution in [0.15, 0.2) is 30.3 Å². The van der Waals surface area contributed by atoms with Gasteiger partial charge in [0.05, 0.1) is 13.0 Å². The highest BCUT2D eigenvalue weighted by molar-refractivity contribution is 5.80. The van der Waals surface area contributed by atoms with Gasteiger partial charge in [-0.05, 0) is 37.9 Å². The van der Waals surface area contributed by atoms with Gasteiger partial charge in [0.25, 0.3) is 0 Å². The molecule has 0 aliphatic carbocycles. The first kappa shape index (κ1) is 18.3. The Morgan fingerprint density at radius 3 is 2.58 bits per heavy atom. The molecular formula is C18H27N3O3. The maximum absolute atomic E-state index is 12.2. The summed E-state index contributed by atoms with van der Waals surface area (Å²) in [5.74, 6) is 0.960. The lowest BCUT2D eigenvalue weighted by molar-refractivity contribution is -0.136. The predicted molar refractivity (Wildman–Crippen MR) is 92.5 cm³/mol. The van der Waals surface area contributed by atoms with Crippen molar-refractivity contribution in [3.05, 3.63) is 30.3 Å². The van der Waals surface area contributed by atoms with Crippen LogP contribution in [0.25, 0.3) is 0 Å². The molecular weight excluding hydrogens is 306 g/mol. The van der Waals surface area contributed by atoms with Crippen LogP contribution in [0.1, 0.15) is 25.7 Å². The van der Waals surface area contributed by atoms with E-state index >= 15 is 0 Å². The van der Waals surface area contributed by atoms with Gasteiger partial charge < -0.3 is 20.7 Å². The maximum atomic E-state index is 12.2. The van der Waals surface area contributed by atoms with E-state index in [0.29, 0.717) is 39.2 Å². The van der Waals surface area contributed by atoms with Crippen molar-refractivity contribution in [2.45, 2.75) is 25.7 Å². The number of carbonyl (C=O) groups is 2. The number of carbonyl (C=O) groups excluding carboxylic acids is 2. The van der Waals surface area contributed by atoms with Crippen molar-refractivity contribution in [2.24, 2.45) is 11.7 Å². The number of likely N-dealkylation sites (tertiary alicyclic amines) is 1. The normalized spacial score (nSPS) is 15.1. The van der Waals surface area contributed by atoms with Crippen molar-refractivity contribution < 1.29 is 14.3 Å². The first-order valence-electron chi connectivity index (χ1n) is 8.64. The molecule has 1 heterocycles. The summed E-state index contributed by atoms with van der Waals surface area (Å²) in [6, 6.07) is 9.48. The van der Waals surface area contributed by atoms with Gasteiger partial charge in [0.15, 0.2) is 0 Å². The second-order valence-corrected chi connectivity index (χ2v) is 6.00. The monoisotopic (exact) mass is 333 g/mol. The fourth-order valence-electron chi connectivity index (χ4n) is 2.78. The summed E-state index contributed by atoms with van der Waals surface area (Å²) in [6.07, 6.45) is 2.60. The van der Waals surface area contributed by atoms with Crippen molar-refractivity contribution >= 4 is 11.8 Å². The largest absolute Gasteiger partial charge is 0.493 e. The summed E-state index contributed by atoms with van der Waals surface area (Å²) in [5.41, 5.74) is 5.42. The molecule has 24 heavy (non-hydrogen) atoms. The van der Waals surface area contributed by atoms with Gasteiger partial charge in [-0.2, -0.15) is 0 Å². The smallest absolute Gasteiger partial charge is 0.225 e. The minimum absolute atomic E-state index is 0.00685. The lowest BCUT2D eigenvalue weighted by Crippen LogP contribution is -2.43. The summed E-state index contributed by atoms with van der Waals surface area (Å²) < 4.78 is 5.56. The fourth-order valence-corrected chi connectivity index (χ4v) is 2.78. The molecule has 2 amide bonds. The summed E-state index contributed by atoms with van der Waals surface area (Å²) in [5, 5.41) is 2.91. The van der Waals surface area contributed by atoms with Crippen LogP contribution in [0.4, 0.5) is 0 Å². The van der Waals surface area contributed by atoms with E-state index in [1.165, 1.54) is 0 Å². The van der Waals surface area contributed by atoms with Crippen LogP contribution in [0.3, 0.4) is 0 Å². The van der Waals surface area contributed by atoms with E-state index in [1.807, 2.05) is 35.2 Å². The van der Waals surface area contributed by atoms with Crippen molar-refractivity contribution in [3.63, 3.8) is 0 Å². The number of nitrogens with zero attached hydrogens (tertiary/aromatic N) is 1. The minimum atomic E-state index is 0.00685. The van der Waals surface area contributed by atoms with E-state index in [1.54, 1.807) is 0 Å². The van der Waals surface area contributed by atoms with Gasteiger partial charge in [-0.1, -0.05) is 18.2 Å². The summed E-state index contributed by atoms with van der Waals surface area (Å²) in [7, 11) is 0. The van der Waals surface area contributed by atoms with E-state index in [-0.39, 0.29) is 17.7 Å². The number of ether oxygens (including phenoxy) is 1. The number of amides is 2. The third-order valence-corrected chi connectivity index (χ3v) is 4.23. The predicted octanol–water partition coefficient (Wildman–Crippen LogP) is 1.16. The number of para-hydroxylation sites is 1. The Morgan fingerprint density at radius 1 is 1.21 bits per heavy atom. The Balaban J connectivity index is 1.64. The van der Waals surface area contributed by atoms with E-state index in [9.17, 15) is 9.59 Å². The molecule has 1 saturated heterocycles. The molecule has 1 aliphatic rings. The highest BCUT2D eigenvalue weighted by atomic mass is 16.5. The van der Waals surface area contributed by atoms with Gasteiger partial charge in [-0.25, -0.2) is 0 Å². The van der Waals surface area contributed by atoms with Crippen LogP contribution in [0, 0.1) is 5.92 Å². The Labute approximate surface area is 143 Å². The van der Waals surface area contributed by atoms with Crippen molar-refractivity contribution in [1.82, 2.24) is 10.2 Å². The molecule has 1 aromatic rings. The van der Waals surface area contributed by atoms with Gasteiger partial charge in [0.2, 0.25) is 11.8 Å². The van der Waals surface area contributed by atoms with Crippen LogP contribution in [-0.4, -0.2) is 49.5 Å². The zero-order valence-corrected chi connectivity index (χ0v) is 14.1. The Kier molecular flexibility index (Phi) is 7.55. The number of hydrogen-bond donors (Lipinski definition) is 2. The van der Waals surface area contributed by atoms with Crippen LogP contribution in [-0.2, 0) is 9.59 Å². The molecule has 6 heteroatoms. The molecule has 1 aliphatic heterocycles. The van der Waals surface area contributed by atoms with Gasteiger partial charge >= 0.3 is 0 Å². The molecule has 1 fully saturated rings. The molecule has 3 N–H and O–H groups in total. The van der Waals surface area contributed by atoms with Gasteiger partial charge in [0.1, 0.15) is 5.75 Å². The molecule has 0 saturated carbocycles. The third kappa shape index (κ3) is 5.85. The third-order valence-electron chi connectivity index (χ3n) is 4.23. The van der Waals surface area contributed by atoms with Crippen molar-refractivity contribution in [3.8, 4) is 5.75 Å². The lowest BCUT2D eigenvalue weighted by atomic mass is 9.95. The quantitative estimate of drug-likeness (QED) is 0.699. The van der Waals surface area contributed by atoms with Gasteiger partial charge in [-0.15, -0.1) is 0 Å². The highest BCUT2D eigenvalue weighted by Gasteiger charge is 2.26. The van der Waals surface area contributed by atoms with E-state index in [2.05, 4.69) is 5.32 Å². The zero-order valence-electron chi connectivity index (χ0n) is 14.1.